The summed E-state index contributed by atoms with van der Waals surface area (Å²) in [6, 6.07) is 21.8. The van der Waals surface area contributed by atoms with E-state index in [2.05, 4.69) is 6.07 Å². The van der Waals surface area contributed by atoms with Crippen LogP contribution in [0.2, 0.25) is 0 Å². The Hall–Kier alpha value is -2.79. The Kier molecular flexibility index (Phi) is 4.62. The van der Waals surface area contributed by atoms with Gasteiger partial charge in [-0.1, -0.05) is 36.0 Å². The molecule has 1 aliphatic rings. The number of fused-ring (bicyclic) bond motifs is 1. The molecule has 3 aromatic rings. The van der Waals surface area contributed by atoms with Crippen LogP contribution >= 0.6 is 11.8 Å². The van der Waals surface area contributed by atoms with Gasteiger partial charge in [-0.3, -0.25) is 0 Å². The summed E-state index contributed by atoms with van der Waals surface area (Å²) in [6.45, 7) is 0. The van der Waals surface area contributed by atoms with Gasteiger partial charge in [0.25, 0.3) is 0 Å². The van der Waals surface area contributed by atoms with Crippen LogP contribution in [-0.4, -0.2) is 21.3 Å². The van der Waals surface area contributed by atoms with Crippen molar-refractivity contribution >= 4 is 11.8 Å². The van der Waals surface area contributed by atoms with E-state index in [9.17, 15) is 0 Å². The zero-order valence-electron chi connectivity index (χ0n) is 15.4. The number of para-hydroxylation sites is 1. The van der Waals surface area contributed by atoms with Crippen molar-refractivity contribution in [3.63, 3.8) is 0 Å². The molecule has 0 saturated heterocycles. The molecule has 0 amide bonds. The summed E-state index contributed by atoms with van der Waals surface area (Å²) in [4.78, 5) is 0.333. The second-order valence-electron chi connectivity index (χ2n) is 6.06. The molecule has 5 heteroatoms. The van der Waals surface area contributed by atoms with Crippen LogP contribution < -0.4 is 18.9 Å². The maximum atomic E-state index is 6.56. The van der Waals surface area contributed by atoms with Crippen molar-refractivity contribution < 1.29 is 18.9 Å². The number of hydrogen-bond acceptors (Lipinski definition) is 5. The Morgan fingerprint density at radius 3 is 2.15 bits per heavy atom. The van der Waals surface area contributed by atoms with Crippen molar-refractivity contribution in [2.24, 2.45) is 0 Å². The lowest BCUT2D eigenvalue weighted by Gasteiger charge is -2.30. The normalized spacial score (nSPS) is 17.7. The molecule has 0 fully saturated rings. The van der Waals surface area contributed by atoms with Crippen LogP contribution in [0.1, 0.15) is 11.1 Å². The van der Waals surface area contributed by atoms with Crippen LogP contribution in [-0.2, 0) is 4.93 Å². The molecule has 0 N–H and O–H groups in total. The molecular weight excluding hydrogens is 360 g/mol. The topological polar surface area (TPSA) is 36.9 Å². The molecule has 138 valence electrons. The minimum atomic E-state index is -0.756. The van der Waals surface area contributed by atoms with E-state index in [1.165, 1.54) is 0 Å². The number of thioether (sulfide) groups is 1. The Morgan fingerprint density at radius 2 is 1.48 bits per heavy atom. The molecule has 4 rings (SSSR count). The van der Waals surface area contributed by atoms with Gasteiger partial charge in [0, 0.05) is 11.6 Å². The maximum Gasteiger partial charge on any atom is 0.214 e. The van der Waals surface area contributed by atoms with E-state index in [4.69, 9.17) is 18.9 Å². The number of hydrogen-bond donors (Lipinski definition) is 0. The fourth-order valence-electron chi connectivity index (χ4n) is 3.21. The Bertz CT molecular complexity index is 928. The smallest absolute Gasteiger partial charge is 0.214 e. The Balaban J connectivity index is 1.90. The first kappa shape index (κ1) is 17.6. The van der Waals surface area contributed by atoms with Crippen LogP contribution in [0, 0.1) is 0 Å². The van der Waals surface area contributed by atoms with Gasteiger partial charge in [0.2, 0.25) is 4.93 Å². The van der Waals surface area contributed by atoms with Crippen LogP contribution in [0.3, 0.4) is 0 Å². The average Bonchev–Trinajstić information content (AvgIpc) is 3.13. The fraction of sp³-hybridized carbons (Fsp3) is 0.182. The summed E-state index contributed by atoms with van der Waals surface area (Å²) in [7, 11) is 4.96. The third-order valence-electron chi connectivity index (χ3n) is 4.59. The highest BCUT2D eigenvalue weighted by atomic mass is 32.2. The molecular formula is C22H20O4S. The van der Waals surface area contributed by atoms with E-state index in [0.29, 0.717) is 5.75 Å². The van der Waals surface area contributed by atoms with Crippen molar-refractivity contribution in [3.8, 4) is 23.0 Å². The zero-order chi connectivity index (χ0) is 18.9. The summed E-state index contributed by atoms with van der Waals surface area (Å²) >= 11 is 1.66. The summed E-state index contributed by atoms with van der Waals surface area (Å²) in [5.74, 6) is 3.11. The van der Waals surface area contributed by atoms with E-state index in [-0.39, 0.29) is 0 Å². The molecule has 27 heavy (non-hydrogen) atoms. The summed E-state index contributed by atoms with van der Waals surface area (Å²) in [5.41, 5.74) is 1.94. The maximum absolute atomic E-state index is 6.56. The zero-order valence-corrected chi connectivity index (χ0v) is 16.2. The van der Waals surface area contributed by atoms with Gasteiger partial charge in [-0.25, -0.2) is 0 Å². The molecule has 1 heterocycles. The van der Waals surface area contributed by atoms with Gasteiger partial charge in [-0.15, -0.1) is 0 Å². The third kappa shape index (κ3) is 2.98. The first-order chi connectivity index (χ1) is 13.2. The lowest BCUT2D eigenvalue weighted by atomic mass is 9.99. The second-order valence-corrected chi connectivity index (χ2v) is 7.28. The molecule has 0 aromatic heterocycles. The molecule has 0 bridgehead atoms. The van der Waals surface area contributed by atoms with Gasteiger partial charge in [-0.2, -0.15) is 0 Å². The molecule has 0 aliphatic carbocycles. The Labute approximate surface area is 163 Å². The monoisotopic (exact) mass is 380 g/mol. The summed E-state index contributed by atoms with van der Waals surface area (Å²) in [6.07, 6.45) is 0. The SMILES string of the molecule is COc1ccc(C2(c3ccc(OC)cc3OC)Oc3ccccc3S2)cc1. The number of ether oxygens (including phenoxy) is 4. The third-order valence-corrected chi connectivity index (χ3v) is 5.97. The molecule has 1 atom stereocenters. The van der Waals surface area contributed by atoms with Crippen LogP contribution in [0.15, 0.2) is 71.6 Å². The van der Waals surface area contributed by atoms with Crippen molar-refractivity contribution in [1.29, 1.82) is 0 Å². The summed E-state index contributed by atoms with van der Waals surface area (Å²) in [5, 5.41) is 0. The molecule has 4 nitrogen and oxygen atoms in total. The van der Waals surface area contributed by atoms with Gasteiger partial charge in [0.15, 0.2) is 0 Å². The highest BCUT2D eigenvalue weighted by Gasteiger charge is 2.46. The minimum absolute atomic E-state index is 0.713. The highest BCUT2D eigenvalue weighted by molar-refractivity contribution is 8.00. The van der Waals surface area contributed by atoms with Crippen LogP contribution in [0.4, 0.5) is 0 Å². The van der Waals surface area contributed by atoms with Crippen molar-refractivity contribution in [2.75, 3.05) is 21.3 Å². The number of benzene rings is 3. The lowest BCUT2D eigenvalue weighted by molar-refractivity contribution is 0.212. The lowest BCUT2D eigenvalue weighted by Crippen LogP contribution is -2.28. The van der Waals surface area contributed by atoms with E-state index in [1.807, 2.05) is 60.7 Å². The quantitative estimate of drug-likeness (QED) is 0.616. The molecule has 1 aliphatic heterocycles. The summed E-state index contributed by atoms with van der Waals surface area (Å²) < 4.78 is 22.9. The highest BCUT2D eigenvalue weighted by Crippen LogP contribution is 2.58. The molecule has 1 unspecified atom stereocenters. The van der Waals surface area contributed by atoms with Crippen LogP contribution in [0.25, 0.3) is 0 Å². The molecule has 3 aromatic carbocycles. The molecule has 0 saturated carbocycles. The number of methoxy groups -OCH3 is 3. The fourth-order valence-corrected chi connectivity index (χ4v) is 4.54. The standard InChI is InChI=1S/C22H20O4S/c1-23-16-10-8-15(9-11-16)22(26-19-6-4-5-7-21(19)27-22)18-13-12-17(24-2)14-20(18)25-3/h4-14H,1-3H3. The number of rotatable bonds is 5. The molecule has 0 radical (unpaired) electrons. The van der Waals surface area contributed by atoms with E-state index in [1.54, 1.807) is 33.1 Å². The van der Waals surface area contributed by atoms with E-state index in [0.717, 1.165) is 33.3 Å². The molecule has 0 spiro atoms. The van der Waals surface area contributed by atoms with Gasteiger partial charge >= 0.3 is 0 Å². The second kappa shape index (κ2) is 7.08. The van der Waals surface area contributed by atoms with Crippen molar-refractivity contribution in [1.82, 2.24) is 0 Å². The predicted octanol–water partition coefficient (Wildman–Crippen LogP) is 5.10. The van der Waals surface area contributed by atoms with E-state index >= 15 is 0 Å². The average molecular weight is 380 g/mol. The first-order valence-electron chi connectivity index (χ1n) is 8.54. The van der Waals surface area contributed by atoms with E-state index < -0.39 is 4.93 Å². The predicted molar refractivity (Wildman–Crippen MR) is 106 cm³/mol. The van der Waals surface area contributed by atoms with Crippen molar-refractivity contribution in [3.05, 3.63) is 77.9 Å². The van der Waals surface area contributed by atoms with Gasteiger partial charge in [0.1, 0.15) is 23.0 Å². The Morgan fingerprint density at radius 1 is 0.778 bits per heavy atom. The first-order valence-corrected chi connectivity index (χ1v) is 9.36. The largest absolute Gasteiger partial charge is 0.497 e. The van der Waals surface area contributed by atoms with Gasteiger partial charge in [0.05, 0.1) is 31.8 Å². The van der Waals surface area contributed by atoms with Crippen LogP contribution in [0.5, 0.6) is 23.0 Å². The minimum Gasteiger partial charge on any atom is -0.497 e. The van der Waals surface area contributed by atoms with Crippen molar-refractivity contribution in [2.45, 2.75) is 9.83 Å². The van der Waals surface area contributed by atoms with Gasteiger partial charge < -0.3 is 18.9 Å². The van der Waals surface area contributed by atoms with Gasteiger partial charge in [-0.05, 0) is 36.4 Å².